The van der Waals surface area contributed by atoms with Crippen LogP contribution in [0, 0.1) is 0 Å². The van der Waals surface area contributed by atoms with Crippen molar-refractivity contribution in [1.82, 2.24) is 0 Å². The SMILES string of the molecule is O.O=C(O)C1OC(Oc2ccccc2)C(O)C(O)C1O. The first-order chi connectivity index (χ1) is 9.00. The molecule has 2 rings (SSSR count). The van der Waals surface area contributed by atoms with Crippen LogP contribution >= 0.6 is 0 Å². The van der Waals surface area contributed by atoms with Crippen LogP contribution in [-0.4, -0.2) is 62.6 Å². The molecule has 8 heteroatoms. The summed E-state index contributed by atoms with van der Waals surface area (Å²) in [5, 5.41) is 37.7. The third-order valence-electron chi connectivity index (χ3n) is 2.81. The van der Waals surface area contributed by atoms with E-state index in [0.717, 1.165) is 0 Å². The van der Waals surface area contributed by atoms with Gasteiger partial charge in [-0.3, -0.25) is 0 Å². The summed E-state index contributed by atoms with van der Waals surface area (Å²) in [6.45, 7) is 0. The summed E-state index contributed by atoms with van der Waals surface area (Å²) < 4.78 is 10.2. The number of carboxylic acids is 1. The summed E-state index contributed by atoms with van der Waals surface area (Å²) in [5.41, 5.74) is 0. The molecule has 1 saturated heterocycles. The Kier molecular flexibility index (Phi) is 5.43. The number of hydrogen-bond acceptors (Lipinski definition) is 6. The maximum Gasteiger partial charge on any atom is 0.335 e. The molecule has 1 aromatic carbocycles. The lowest BCUT2D eigenvalue weighted by atomic mass is 9.99. The summed E-state index contributed by atoms with van der Waals surface area (Å²) in [6, 6.07) is 8.30. The van der Waals surface area contributed by atoms with E-state index in [4.69, 9.17) is 14.6 Å². The highest BCUT2D eigenvalue weighted by Crippen LogP contribution is 2.24. The number of aliphatic carboxylic acids is 1. The van der Waals surface area contributed by atoms with Crippen molar-refractivity contribution in [3.63, 3.8) is 0 Å². The number of carboxylic acid groups (broad SMARTS) is 1. The molecule has 0 spiro atoms. The van der Waals surface area contributed by atoms with Gasteiger partial charge in [-0.1, -0.05) is 18.2 Å². The molecule has 6 N–H and O–H groups in total. The lowest BCUT2D eigenvalue weighted by Gasteiger charge is -2.38. The van der Waals surface area contributed by atoms with Crippen molar-refractivity contribution in [2.45, 2.75) is 30.7 Å². The lowest BCUT2D eigenvalue weighted by Crippen LogP contribution is -2.61. The van der Waals surface area contributed by atoms with Crippen molar-refractivity contribution >= 4 is 5.97 Å². The molecule has 0 aromatic heterocycles. The number of aliphatic hydroxyl groups is 3. The van der Waals surface area contributed by atoms with E-state index in [-0.39, 0.29) is 5.48 Å². The summed E-state index contributed by atoms with van der Waals surface area (Å²) in [6.07, 6.45) is -7.97. The molecule has 112 valence electrons. The molecule has 0 amide bonds. The first kappa shape index (κ1) is 16.3. The van der Waals surface area contributed by atoms with E-state index < -0.39 is 36.7 Å². The maximum atomic E-state index is 10.9. The van der Waals surface area contributed by atoms with Gasteiger partial charge in [-0.25, -0.2) is 4.79 Å². The fourth-order valence-corrected chi connectivity index (χ4v) is 1.78. The molecule has 0 bridgehead atoms. The second-order valence-electron chi connectivity index (χ2n) is 4.17. The Labute approximate surface area is 114 Å². The highest BCUT2D eigenvalue weighted by Gasteiger charge is 2.48. The van der Waals surface area contributed by atoms with Crippen molar-refractivity contribution < 1.29 is 40.2 Å². The van der Waals surface area contributed by atoms with E-state index in [0.29, 0.717) is 5.75 Å². The van der Waals surface area contributed by atoms with Gasteiger partial charge >= 0.3 is 5.97 Å². The number of aliphatic hydroxyl groups excluding tert-OH is 3. The Bertz CT molecular complexity index is 436. The van der Waals surface area contributed by atoms with Gasteiger partial charge in [0.1, 0.15) is 24.1 Å². The van der Waals surface area contributed by atoms with Gasteiger partial charge in [-0.2, -0.15) is 0 Å². The third kappa shape index (κ3) is 3.24. The third-order valence-corrected chi connectivity index (χ3v) is 2.81. The average molecular weight is 288 g/mol. The predicted octanol–water partition coefficient (Wildman–Crippen LogP) is -1.87. The fraction of sp³-hybridized carbons (Fsp3) is 0.417. The van der Waals surface area contributed by atoms with Crippen molar-refractivity contribution in [3.8, 4) is 5.75 Å². The van der Waals surface area contributed by atoms with E-state index in [1.54, 1.807) is 30.3 Å². The van der Waals surface area contributed by atoms with E-state index >= 15 is 0 Å². The lowest BCUT2D eigenvalue weighted by molar-refractivity contribution is -0.271. The zero-order chi connectivity index (χ0) is 14.0. The molecular formula is C12H16O8. The molecule has 20 heavy (non-hydrogen) atoms. The summed E-state index contributed by atoms with van der Waals surface area (Å²) in [5.74, 6) is -1.10. The molecule has 1 heterocycles. The molecule has 1 aromatic rings. The van der Waals surface area contributed by atoms with Gasteiger partial charge in [0.25, 0.3) is 0 Å². The molecule has 5 unspecified atom stereocenters. The van der Waals surface area contributed by atoms with Crippen LogP contribution in [0.2, 0.25) is 0 Å². The van der Waals surface area contributed by atoms with Crippen LogP contribution in [0.25, 0.3) is 0 Å². The Balaban J connectivity index is 0.00000200. The van der Waals surface area contributed by atoms with Crippen LogP contribution in [0.1, 0.15) is 0 Å². The largest absolute Gasteiger partial charge is 0.479 e. The second-order valence-corrected chi connectivity index (χ2v) is 4.17. The van der Waals surface area contributed by atoms with Crippen LogP contribution in [0.4, 0.5) is 0 Å². The Morgan fingerprint density at radius 2 is 1.65 bits per heavy atom. The standard InChI is InChI=1S/C12H14O7.H2O/c13-7-8(14)10(11(16)17)19-12(9(7)15)18-6-4-2-1-3-5-6;/h1-5,7-10,12-15H,(H,16,17);1H2. The monoisotopic (exact) mass is 288 g/mol. The number of ether oxygens (including phenoxy) is 2. The Morgan fingerprint density at radius 3 is 2.20 bits per heavy atom. The smallest absolute Gasteiger partial charge is 0.335 e. The number of benzene rings is 1. The molecule has 0 saturated carbocycles. The maximum absolute atomic E-state index is 10.9. The minimum Gasteiger partial charge on any atom is -0.479 e. The van der Waals surface area contributed by atoms with Crippen molar-refractivity contribution in [1.29, 1.82) is 0 Å². The fourth-order valence-electron chi connectivity index (χ4n) is 1.78. The molecule has 1 aliphatic rings. The van der Waals surface area contributed by atoms with E-state index in [1.165, 1.54) is 0 Å². The predicted molar refractivity (Wildman–Crippen MR) is 65.0 cm³/mol. The van der Waals surface area contributed by atoms with Gasteiger partial charge in [0.15, 0.2) is 6.10 Å². The number of hydrogen-bond donors (Lipinski definition) is 4. The summed E-state index contributed by atoms with van der Waals surface area (Å²) in [4.78, 5) is 10.9. The minimum atomic E-state index is -1.72. The van der Waals surface area contributed by atoms with Crippen LogP contribution < -0.4 is 4.74 Å². The minimum absolute atomic E-state index is 0. The van der Waals surface area contributed by atoms with Crippen molar-refractivity contribution in [2.24, 2.45) is 0 Å². The van der Waals surface area contributed by atoms with Gasteiger partial charge in [0.2, 0.25) is 6.29 Å². The van der Waals surface area contributed by atoms with E-state index in [9.17, 15) is 20.1 Å². The number of rotatable bonds is 3. The first-order valence-corrected chi connectivity index (χ1v) is 5.65. The topological polar surface area (TPSA) is 148 Å². The van der Waals surface area contributed by atoms with Crippen LogP contribution in [0.3, 0.4) is 0 Å². The quantitative estimate of drug-likeness (QED) is 0.509. The Hall–Kier alpha value is -1.71. The summed E-state index contributed by atoms with van der Waals surface area (Å²) in [7, 11) is 0. The van der Waals surface area contributed by atoms with Crippen LogP contribution in [-0.2, 0) is 9.53 Å². The van der Waals surface area contributed by atoms with Crippen LogP contribution in [0.15, 0.2) is 30.3 Å². The van der Waals surface area contributed by atoms with Gasteiger partial charge in [0, 0.05) is 0 Å². The zero-order valence-electron chi connectivity index (χ0n) is 10.3. The van der Waals surface area contributed by atoms with Crippen molar-refractivity contribution in [2.75, 3.05) is 0 Å². The van der Waals surface area contributed by atoms with Crippen molar-refractivity contribution in [3.05, 3.63) is 30.3 Å². The van der Waals surface area contributed by atoms with Gasteiger partial charge in [-0.15, -0.1) is 0 Å². The average Bonchev–Trinajstić information content (AvgIpc) is 2.40. The highest BCUT2D eigenvalue weighted by molar-refractivity contribution is 5.73. The molecule has 1 fully saturated rings. The molecule has 5 atom stereocenters. The number of para-hydroxylation sites is 1. The zero-order valence-corrected chi connectivity index (χ0v) is 10.3. The molecule has 1 aliphatic heterocycles. The molecular weight excluding hydrogens is 272 g/mol. The molecule has 0 aliphatic carbocycles. The van der Waals surface area contributed by atoms with Gasteiger partial charge in [0.05, 0.1) is 0 Å². The Morgan fingerprint density at radius 1 is 1.05 bits per heavy atom. The van der Waals surface area contributed by atoms with Crippen LogP contribution in [0.5, 0.6) is 5.75 Å². The normalized spacial score (nSPS) is 33.0. The van der Waals surface area contributed by atoms with E-state index in [2.05, 4.69) is 0 Å². The van der Waals surface area contributed by atoms with Gasteiger partial charge < -0.3 is 35.4 Å². The molecule has 0 radical (unpaired) electrons. The highest BCUT2D eigenvalue weighted by atomic mass is 16.7. The number of carbonyl (C=O) groups is 1. The molecule has 8 nitrogen and oxygen atoms in total. The van der Waals surface area contributed by atoms with E-state index in [1.807, 2.05) is 0 Å². The first-order valence-electron chi connectivity index (χ1n) is 5.65. The van der Waals surface area contributed by atoms with Gasteiger partial charge in [-0.05, 0) is 12.1 Å². The summed E-state index contributed by atoms with van der Waals surface area (Å²) >= 11 is 0. The second kappa shape index (κ2) is 6.64.